The average Bonchev–Trinajstić information content (AvgIpc) is 2.48. The zero-order chi connectivity index (χ0) is 15.3. The van der Waals surface area contributed by atoms with Crippen LogP contribution in [0.2, 0.25) is 0 Å². The molecule has 1 atom stereocenters. The predicted octanol–water partition coefficient (Wildman–Crippen LogP) is 2.08. The molecule has 1 unspecified atom stereocenters. The van der Waals surface area contributed by atoms with Crippen molar-refractivity contribution in [2.24, 2.45) is 4.99 Å². The topological polar surface area (TPSA) is 57.7 Å². The minimum atomic E-state index is 0.246. The second-order valence-corrected chi connectivity index (χ2v) is 4.91. The van der Waals surface area contributed by atoms with Crippen molar-refractivity contribution in [1.82, 2.24) is 10.6 Å². The minimum absolute atomic E-state index is 0.246. The first-order valence-corrected chi connectivity index (χ1v) is 7.59. The number of anilines is 1. The fourth-order valence-electron chi connectivity index (χ4n) is 1.90. The standard InChI is InChI=1S/C16H28N4O/c1-4-17-16(20-14(2)13-21-3)19-12-8-11-18-15-9-6-5-7-10-15/h5-7,9-10,14,18H,4,8,11-13H2,1-3H3,(H2,17,19,20). The quantitative estimate of drug-likeness (QED) is 0.370. The Bertz CT molecular complexity index is 395. The lowest BCUT2D eigenvalue weighted by Crippen LogP contribution is -2.44. The summed E-state index contributed by atoms with van der Waals surface area (Å²) < 4.78 is 5.12. The molecule has 0 fully saturated rings. The third-order valence-electron chi connectivity index (χ3n) is 2.85. The summed E-state index contributed by atoms with van der Waals surface area (Å²) in [6, 6.07) is 10.5. The van der Waals surface area contributed by atoms with Gasteiger partial charge in [-0.25, -0.2) is 0 Å². The highest BCUT2D eigenvalue weighted by Crippen LogP contribution is 2.04. The van der Waals surface area contributed by atoms with Crippen LogP contribution in [0.3, 0.4) is 0 Å². The van der Waals surface area contributed by atoms with E-state index in [0.717, 1.165) is 37.7 Å². The van der Waals surface area contributed by atoms with Crippen molar-refractivity contribution in [3.05, 3.63) is 30.3 Å². The minimum Gasteiger partial charge on any atom is -0.385 e. The van der Waals surface area contributed by atoms with Gasteiger partial charge in [0.05, 0.1) is 6.61 Å². The molecule has 0 saturated heterocycles. The molecule has 0 spiro atoms. The first-order chi connectivity index (χ1) is 10.3. The highest BCUT2D eigenvalue weighted by atomic mass is 16.5. The summed E-state index contributed by atoms with van der Waals surface area (Å²) >= 11 is 0. The molecule has 5 heteroatoms. The first kappa shape index (κ1) is 17.3. The average molecular weight is 292 g/mol. The number of para-hydroxylation sites is 1. The largest absolute Gasteiger partial charge is 0.385 e. The number of ether oxygens (including phenoxy) is 1. The molecule has 0 aromatic heterocycles. The van der Waals surface area contributed by atoms with Crippen LogP contribution in [-0.2, 0) is 4.74 Å². The zero-order valence-electron chi connectivity index (χ0n) is 13.4. The third kappa shape index (κ3) is 8.19. The lowest BCUT2D eigenvalue weighted by Gasteiger charge is -2.17. The van der Waals surface area contributed by atoms with Crippen LogP contribution in [0.1, 0.15) is 20.3 Å². The van der Waals surface area contributed by atoms with Crippen LogP contribution in [0.25, 0.3) is 0 Å². The van der Waals surface area contributed by atoms with Crippen molar-refractivity contribution >= 4 is 11.6 Å². The van der Waals surface area contributed by atoms with Crippen molar-refractivity contribution in [2.45, 2.75) is 26.3 Å². The van der Waals surface area contributed by atoms with Crippen molar-refractivity contribution < 1.29 is 4.74 Å². The van der Waals surface area contributed by atoms with Gasteiger partial charge in [0, 0.05) is 38.5 Å². The molecule has 1 rings (SSSR count). The number of benzene rings is 1. The second-order valence-electron chi connectivity index (χ2n) is 4.91. The first-order valence-electron chi connectivity index (χ1n) is 7.59. The summed E-state index contributed by atoms with van der Waals surface area (Å²) in [4.78, 5) is 4.57. The Labute approximate surface area is 128 Å². The molecule has 118 valence electrons. The van der Waals surface area contributed by atoms with E-state index in [1.54, 1.807) is 7.11 Å². The molecule has 1 aromatic carbocycles. The number of aliphatic imine (C=N–C) groups is 1. The summed E-state index contributed by atoms with van der Waals surface area (Å²) in [6.07, 6.45) is 0.990. The molecule has 0 heterocycles. The molecule has 0 saturated carbocycles. The van der Waals surface area contributed by atoms with E-state index >= 15 is 0 Å². The van der Waals surface area contributed by atoms with Gasteiger partial charge in [0.1, 0.15) is 0 Å². The van der Waals surface area contributed by atoms with E-state index in [2.05, 4.69) is 46.9 Å². The summed E-state index contributed by atoms with van der Waals surface area (Å²) in [5.74, 6) is 0.849. The van der Waals surface area contributed by atoms with Crippen LogP contribution >= 0.6 is 0 Å². The molecule has 0 aliphatic heterocycles. The van der Waals surface area contributed by atoms with Gasteiger partial charge in [0.15, 0.2) is 5.96 Å². The molecule has 0 radical (unpaired) electrons. The van der Waals surface area contributed by atoms with Crippen LogP contribution < -0.4 is 16.0 Å². The monoisotopic (exact) mass is 292 g/mol. The maximum absolute atomic E-state index is 5.12. The van der Waals surface area contributed by atoms with Crippen molar-refractivity contribution in [3.63, 3.8) is 0 Å². The molecule has 0 bridgehead atoms. The number of nitrogens with one attached hydrogen (secondary N) is 3. The van der Waals surface area contributed by atoms with Gasteiger partial charge in [0.25, 0.3) is 0 Å². The number of rotatable bonds is 9. The van der Waals surface area contributed by atoms with Crippen LogP contribution in [0.4, 0.5) is 5.69 Å². The second kappa shape index (κ2) is 11.0. The Morgan fingerprint density at radius 1 is 1.29 bits per heavy atom. The number of hydrogen-bond acceptors (Lipinski definition) is 3. The molecule has 0 aliphatic rings. The third-order valence-corrected chi connectivity index (χ3v) is 2.85. The van der Waals surface area contributed by atoms with E-state index in [-0.39, 0.29) is 6.04 Å². The van der Waals surface area contributed by atoms with Crippen molar-refractivity contribution in [2.75, 3.05) is 38.7 Å². The number of guanidine groups is 1. The zero-order valence-corrected chi connectivity index (χ0v) is 13.4. The van der Waals surface area contributed by atoms with Crippen LogP contribution in [0, 0.1) is 0 Å². The maximum atomic E-state index is 5.12. The molecule has 21 heavy (non-hydrogen) atoms. The SMILES string of the molecule is CCNC(=NCCCNc1ccccc1)NC(C)COC. The Morgan fingerprint density at radius 3 is 2.71 bits per heavy atom. The normalized spacial score (nSPS) is 12.8. The summed E-state index contributed by atoms with van der Waals surface area (Å²) in [7, 11) is 1.71. The Balaban J connectivity index is 2.26. The summed E-state index contributed by atoms with van der Waals surface area (Å²) in [6.45, 7) is 7.37. The van der Waals surface area contributed by atoms with E-state index in [4.69, 9.17) is 4.74 Å². The fraction of sp³-hybridized carbons (Fsp3) is 0.562. The lowest BCUT2D eigenvalue weighted by atomic mass is 10.3. The Hall–Kier alpha value is -1.75. The molecular weight excluding hydrogens is 264 g/mol. The highest BCUT2D eigenvalue weighted by molar-refractivity contribution is 5.80. The van der Waals surface area contributed by atoms with E-state index in [9.17, 15) is 0 Å². The Morgan fingerprint density at radius 2 is 2.05 bits per heavy atom. The van der Waals surface area contributed by atoms with Crippen molar-refractivity contribution in [3.8, 4) is 0 Å². The van der Waals surface area contributed by atoms with Gasteiger partial charge in [-0.2, -0.15) is 0 Å². The number of hydrogen-bond donors (Lipinski definition) is 3. The van der Waals surface area contributed by atoms with Crippen LogP contribution in [-0.4, -0.2) is 45.4 Å². The summed E-state index contributed by atoms with van der Waals surface area (Å²) in [5.41, 5.74) is 1.15. The van der Waals surface area contributed by atoms with Gasteiger partial charge >= 0.3 is 0 Å². The number of methoxy groups -OCH3 is 1. The van der Waals surface area contributed by atoms with Crippen molar-refractivity contribution in [1.29, 1.82) is 0 Å². The van der Waals surface area contributed by atoms with Gasteiger partial charge < -0.3 is 20.7 Å². The number of nitrogens with zero attached hydrogens (tertiary/aromatic N) is 1. The molecular formula is C16H28N4O. The highest BCUT2D eigenvalue weighted by Gasteiger charge is 2.03. The van der Waals surface area contributed by atoms with Gasteiger partial charge in [-0.05, 0) is 32.4 Å². The maximum Gasteiger partial charge on any atom is 0.191 e. The molecule has 1 aromatic rings. The molecule has 0 aliphatic carbocycles. The smallest absolute Gasteiger partial charge is 0.191 e. The molecule has 3 N–H and O–H groups in total. The van der Waals surface area contributed by atoms with E-state index in [0.29, 0.717) is 6.61 Å². The van der Waals surface area contributed by atoms with Gasteiger partial charge in [0.2, 0.25) is 0 Å². The van der Waals surface area contributed by atoms with Crippen LogP contribution in [0.15, 0.2) is 35.3 Å². The predicted molar refractivity (Wildman–Crippen MR) is 90.0 cm³/mol. The summed E-state index contributed by atoms with van der Waals surface area (Å²) in [5, 5.41) is 9.95. The van der Waals surface area contributed by atoms with Gasteiger partial charge in [-0.1, -0.05) is 18.2 Å². The Kier molecular flexibility index (Phi) is 9.04. The van der Waals surface area contributed by atoms with E-state index < -0.39 is 0 Å². The van der Waals surface area contributed by atoms with Gasteiger partial charge in [-0.3, -0.25) is 4.99 Å². The van der Waals surface area contributed by atoms with Gasteiger partial charge in [-0.15, -0.1) is 0 Å². The lowest BCUT2D eigenvalue weighted by molar-refractivity contribution is 0.179. The van der Waals surface area contributed by atoms with Crippen LogP contribution in [0.5, 0.6) is 0 Å². The molecule has 5 nitrogen and oxygen atoms in total. The fourth-order valence-corrected chi connectivity index (χ4v) is 1.90. The molecule has 0 amide bonds. The van der Waals surface area contributed by atoms with E-state index in [1.807, 2.05) is 18.2 Å². The van der Waals surface area contributed by atoms with E-state index in [1.165, 1.54) is 0 Å².